The highest BCUT2D eigenvalue weighted by molar-refractivity contribution is 7.27. The molecule has 7 radical (unpaired) electrons. The van der Waals surface area contributed by atoms with E-state index in [1.165, 1.54) is 10.8 Å². The van der Waals surface area contributed by atoms with Crippen LogP contribution < -0.4 is 5.19 Å². The normalized spacial score (nSPS) is 9.80. The topological polar surface area (TPSA) is 0 Å². The summed E-state index contributed by atoms with van der Waals surface area (Å²) in [5.41, 5.74) is 1.34. The van der Waals surface area contributed by atoms with Crippen LogP contribution in [0.15, 0.2) is 24.3 Å². The van der Waals surface area contributed by atoms with Crippen LogP contribution in [-0.2, 0) is 0 Å². The van der Waals surface area contributed by atoms with Crippen molar-refractivity contribution in [1.29, 1.82) is 0 Å². The quantitative estimate of drug-likeness (QED) is 0.556. The Bertz CT molecular complexity index is 193. The van der Waals surface area contributed by atoms with Gasteiger partial charge in [0.25, 0.3) is 0 Å². The van der Waals surface area contributed by atoms with Crippen molar-refractivity contribution in [3.05, 3.63) is 29.8 Å². The SMILES string of the molecule is Cc1ccc([Si][Si][Si])cc1. The molecule has 0 amide bonds. The molecule has 0 aliphatic rings. The minimum Gasteiger partial charge on any atom is -0.0681 e. The maximum absolute atomic E-state index is 3.49. The highest BCUT2D eigenvalue weighted by atomic mass is 29.5. The monoisotopic (exact) mass is 175 g/mol. The summed E-state index contributed by atoms with van der Waals surface area (Å²) in [6.45, 7) is 2.11. The van der Waals surface area contributed by atoms with Gasteiger partial charge in [-0.1, -0.05) is 35.0 Å². The second-order valence-corrected chi connectivity index (χ2v) is 6.94. The van der Waals surface area contributed by atoms with E-state index in [4.69, 9.17) is 0 Å². The summed E-state index contributed by atoms with van der Waals surface area (Å²) < 4.78 is 0. The summed E-state index contributed by atoms with van der Waals surface area (Å²) in [7, 11) is 5.28. The first-order chi connectivity index (χ1) is 4.83. The molecule has 0 saturated carbocycles. The van der Waals surface area contributed by atoms with E-state index in [1.54, 1.807) is 0 Å². The van der Waals surface area contributed by atoms with Gasteiger partial charge in [0.05, 0.1) is 9.04 Å². The van der Waals surface area contributed by atoms with Crippen LogP contribution in [-0.4, -0.2) is 27.4 Å². The molecule has 1 aromatic rings. The zero-order valence-electron chi connectivity index (χ0n) is 5.81. The van der Waals surface area contributed by atoms with Crippen molar-refractivity contribution >= 4 is 32.5 Å². The largest absolute Gasteiger partial charge is 0.0681 e. The molecule has 3 heteroatoms. The van der Waals surface area contributed by atoms with Crippen molar-refractivity contribution in [3.63, 3.8) is 0 Å². The third-order valence-electron chi connectivity index (χ3n) is 1.26. The molecule has 1 aromatic carbocycles. The number of benzene rings is 1. The maximum Gasteiger partial charge on any atom is 0.0604 e. The van der Waals surface area contributed by atoms with Crippen LogP contribution in [0.25, 0.3) is 0 Å². The van der Waals surface area contributed by atoms with Crippen molar-refractivity contribution in [1.82, 2.24) is 0 Å². The molecule has 0 saturated heterocycles. The zero-order valence-corrected chi connectivity index (χ0v) is 8.81. The fourth-order valence-electron chi connectivity index (χ4n) is 0.709. The number of aryl methyl sites for hydroxylation is 1. The van der Waals surface area contributed by atoms with Crippen LogP contribution >= 0.6 is 0 Å². The molecule has 0 aromatic heterocycles. The van der Waals surface area contributed by atoms with Crippen LogP contribution in [0.5, 0.6) is 0 Å². The molecule has 0 atom stereocenters. The summed E-state index contributed by atoms with van der Waals surface area (Å²) in [5, 5.41) is 1.44. The second kappa shape index (κ2) is 3.90. The second-order valence-electron chi connectivity index (χ2n) is 2.12. The molecular weight excluding hydrogens is 168 g/mol. The van der Waals surface area contributed by atoms with Crippen molar-refractivity contribution in [2.24, 2.45) is 0 Å². The predicted molar refractivity (Wildman–Crippen MR) is 48.1 cm³/mol. The Hall–Kier alpha value is -0.129. The van der Waals surface area contributed by atoms with Gasteiger partial charge in [0.1, 0.15) is 0 Å². The van der Waals surface area contributed by atoms with Gasteiger partial charge < -0.3 is 0 Å². The molecule has 1 rings (SSSR count). The summed E-state index contributed by atoms with van der Waals surface area (Å²) in [6.07, 6.45) is 0. The highest BCUT2D eigenvalue weighted by Gasteiger charge is 1.89. The lowest BCUT2D eigenvalue weighted by molar-refractivity contribution is 1.49. The Balaban J connectivity index is 2.69. The van der Waals surface area contributed by atoms with Crippen molar-refractivity contribution in [2.45, 2.75) is 6.92 Å². The number of hydrogen-bond acceptors (Lipinski definition) is 0. The number of hydrogen-bond donors (Lipinski definition) is 0. The van der Waals surface area contributed by atoms with Crippen LogP contribution in [0, 0.1) is 6.92 Å². The Labute approximate surface area is 69.7 Å². The molecule has 0 fully saturated rings. The summed E-state index contributed by atoms with van der Waals surface area (Å²) in [5.74, 6) is 0. The fourth-order valence-corrected chi connectivity index (χ4v) is 3.42. The lowest BCUT2D eigenvalue weighted by atomic mass is 10.2. The molecule has 10 heavy (non-hydrogen) atoms. The predicted octanol–water partition coefficient (Wildman–Crippen LogP) is 0.0272. The average Bonchev–Trinajstić information content (AvgIpc) is 1.95. The van der Waals surface area contributed by atoms with E-state index < -0.39 is 0 Å². The zero-order chi connectivity index (χ0) is 7.40. The first kappa shape index (κ1) is 7.97. The van der Waals surface area contributed by atoms with E-state index >= 15 is 0 Å². The molecule has 0 unspecified atom stereocenters. The van der Waals surface area contributed by atoms with Gasteiger partial charge in [-0.2, -0.15) is 0 Å². The van der Waals surface area contributed by atoms with Crippen molar-refractivity contribution in [3.8, 4) is 0 Å². The molecule has 0 bridgehead atoms. The van der Waals surface area contributed by atoms with Crippen LogP contribution in [0.2, 0.25) is 0 Å². The van der Waals surface area contributed by atoms with E-state index in [-0.39, 0.29) is 0 Å². The molecule has 47 valence electrons. The lowest BCUT2D eigenvalue weighted by Gasteiger charge is -1.95. The summed E-state index contributed by atoms with van der Waals surface area (Å²) in [4.78, 5) is 0. The molecule has 0 aliphatic heterocycles. The minimum atomic E-state index is 0.865. The van der Waals surface area contributed by atoms with Crippen LogP contribution in [0.1, 0.15) is 5.56 Å². The fraction of sp³-hybridized carbons (Fsp3) is 0.143. The molecule has 0 aliphatic carbocycles. The molecule has 0 nitrogen and oxygen atoms in total. The Morgan fingerprint density at radius 3 is 2.30 bits per heavy atom. The molecule has 0 heterocycles. The average molecular weight is 175 g/mol. The van der Waals surface area contributed by atoms with E-state index in [9.17, 15) is 0 Å². The van der Waals surface area contributed by atoms with Gasteiger partial charge in [-0.3, -0.25) is 0 Å². The minimum absolute atomic E-state index is 0.865. The van der Waals surface area contributed by atoms with E-state index in [1.807, 2.05) is 0 Å². The highest BCUT2D eigenvalue weighted by Crippen LogP contribution is 1.91. The molecule has 0 N–H and O–H groups in total. The first-order valence-electron chi connectivity index (χ1n) is 3.07. The maximum atomic E-state index is 3.49. The van der Waals surface area contributed by atoms with Crippen molar-refractivity contribution in [2.75, 3.05) is 0 Å². The molecular formula is C7H7Si3. The molecule has 0 spiro atoms. The van der Waals surface area contributed by atoms with Crippen molar-refractivity contribution < 1.29 is 0 Å². The van der Waals surface area contributed by atoms with Gasteiger partial charge >= 0.3 is 0 Å². The number of rotatable bonds is 2. The van der Waals surface area contributed by atoms with Gasteiger partial charge in [-0.05, 0) is 6.92 Å². The Kier molecular flexibility index (Phi) is 3.11. The Morgan fingerprint density at radius 1 is 1.20 bits per heavy atom. The van der Waals surface area contributed by atoms with E-state index in [0.717, 1.165) is 17.6 Å². The standard InChI is InChI=1S/C7H7Si3/c1-6-2-4-7(5-3-6)9-10-8/h2-5H,1H3. The van der Waals surface area contributed by atoms with Crippen LogP contribution in [0.4, 0.5) is 0 Å². The van der Waals surface area contributed by atoms with Gasteiger partial charge in [0, 0.05) is 18.3 Å². The smallest absolute Gasteiger partial charge is 0.0604 e. The summed E-state index contributed by atoms with van der Waals surface area (Å²) >= 11 is 0. The van der Waals surface area contributed by atoms with Gasteiger partial charge in [0.2, 0.25) is 0 Å². The van der Waals surface area contributed by atoms with Crippen LogP contribution in [0.3, 0.4) is 0 Å². The van der Waals surface area contributed by atoms with Gasteiger partial charge in [-0.25, -0.2) is 0 Å². The van der Waals surface area contributed by atoms with E-state index in [0.29, 0.717) is 0 Å². The lowest BCUT2D eigenvalue weighted by Crippen LogP contribution is -2.20. The third-order valence-corrected chi connectivity index (χ3v) is 4.37. The summed E-state index contributed by atoms with van der Waals surface area (Å²) in [6, 6.07) is 8.71. The van der Waals surface area contributed by atoms with E-state index in [2.05, 4.69) is 40.9 Å². The first-order valence-corrected chi connectivity index (χ1v) is 7.57. The van der Waals surface area contributed by atoms with Gasteiger partial charge in [0.15, 0.2) is 0 Å². The Morgan fingerprint density at radius 2 is 1.80 bits per heavy atom. The van der Waals surface area contributed by atoms with Gasteiger partial charge in [-0.15, -0.1) is 0 Å². The third kappa shape index (κ3) is 2.24.